The number of guanidine groups is 1. The third-order valence-electron chi connectivity index (χ3n) is 4.12. The Morgan fingerprint density at radius 1 is 1.30 bits per heavy atom. The molecule has 1 rings (SSSR count). The summed E-state index contributed by atoms with van der Waals surface area (Å²) >= 11 is 1.93. The van der Waals surface area contributed by atoms with Gasteiger partial charge in [0.1, 0.15) is 0 Å². The Bertz CT molecular complexity index is 476. The minimum atomic E-state index is -3.10. The van der Waals surface area contributed by atoms with Gasteiger partial charge >= 0.3 is 0 Å². The molecule has 0 bridgehead atoms. The van der Waals surface area contributed by atoms with Crippen LogP contribution < -0.4 is 10.6 Å². The highest BCUT2D eigenvalue weighted by atomic mass is 127. The van der Waals surface area contributed by atoms with E-state index in [0.717, 1.165) is 12.8 Å². The lowest BCUT2D eigenvalue weighted by molar-refractivity contribution is 0.419. The Morgan fingerprint density at radius 3 is 2.48 bits per heavy atom. The van der Waals surface area contributed by atoms with E-state index in [1.54, 1.807) is 27.8 Å². The highest BCUT2D eigenvalue weighted by Crippen LogP contribution is 2.26. The first-order valence-electron chi connectivity index (χ1n) is 7.92. The highest BCUT2D eigenvalue weighted by Gasteiger charge is 2.28. The molecule has 0 spiro atoms. The summed E-state index contributed by atoms with van der Waals surface area (Å²) in [4.78, 5) is 4.21. The summed E-state index contributed by atoms with van der Waals surface area (Å²) in [6.45, 7) is 5.60. The number of aliphatic imine (C=N–C) groups is 1. The van der Waals surface area contributed by atoms with Gasteiger partial charge in [0, 0.05) is 24.9 Å². The van der Waals surface area contributed by atoms with Crippen LogP contribution in [-0.4, -0.2) is 56.0 Å². The second kappa shape index (κ2) is 10.3. The van der Waals surface area contributed by atoms with Crippen LogP contribution in [0.5, 0.6) is 0 Å². The van der Waals surface area contributed by atoms with Crippen LogP contribution in [0.1, 0.15) is 46.5 Å². The Morgan fingerprint density at radius 2 is 1.96 bits per heavy atom. The van der Waals surface area contributed by atoms with Crippen molar-refractivity contribution in [3.05, 3.63) is 0 Å². The molecule has 1 fully saturated rings. The Balaban J connectivity index is 0.00000484. The van der Waals surface area contributed by atoms with E-state index in [9.17, 15) is 8.42 Å². The molecule has 5 nitrogen and oxygen atoms in total. The number of rotatable bonds is 5. The van der Waals surface area contributed by atoms with Crippen LogP contribution in [0.2, 0.25) is 0 Å². The van der Waals surface area contributed by atoms with Crippen LogP contribution in [0.3, 0.4) is 0 Å². The average molecular weight is 477 g/mol. The predicted octanol–water partition coefficient (Wildman–Crippen LogP) is 2.66. The summed E-state index contributed by atoms with van der Waals surface area (Å²) in [5, 5.41) is 7.27. The average Bonchev–Trinajstić information content (AvgIpc) is 2.45. The van der Waals surface area contributed by atoms with E-state index >= 15 is 0 Å². The lowest BCUT2D eigenvalue weighted by Crippen LogP contribution is -2.47. The predicted molar refractivity (Wildman–Crippen MR) is 113 cm³/mol. The zero-order valence-electron chi connectivity index (χ0n) is 14.9. The Hall–Kier alpha value is 0.300. The number of hydrogen-bond donors (Lipinski definition) is 2. The molecule has 0 aromatic carbocycles. The van der Waals surface area contributed by atoms with Gasteiger partial charge in [0.15, 0.2) is 15.8 Å². The van der Waals surface area contributed by atoms with Gasteiger partial charge in [-0.25, -0.2) is 8.42 Å². The molecule has 0 aliphatic heterocycles. The topological polar surface area (TPSA) is 70.6 Å². The molecule has 0 aromatic rings. The summed E-state index contributed by atoms with van der Waals surface area (Å²) in [6, 6.07) is 0.427. The van der Waals surface area contributed by atoms with E-state index in [1.807, 2.05) is 11.8 Å². The van der Waals surface area contributed by atoms with E-state index in [0.29, 0.717) is 23.8 Å². The smallest absolute Gasteiger partial charge is 0.191 e. The lowest BCUT2D eigenvalue weighted by atomic mass is 9.95. The zero-order chi connectivity index (χ0) is 16.8. The summed E-state index contributed by atoms with van der Waals surface area (Å²) in [5.74, 6) is 0.825. The largest absolute Gasteiger partial charge is 0.355 e. The number of halogens is 1. The van der Waals surface area contributed by atoms with E-state index < -0.39 is 14.6 Å². The first-order valence-corrected chi connectivity index (χ1v) is 10.9. The fourth-order valence-electron chi connectivity index (χ4n) is 2.49. The molecule has 138 valence electrons. The van der Waals surface area contributed by atoms with Crippen molar-refractivity contribution in [2.24, 2.45) is 4.99 Å². The molecule has 2 N–H and O–H groups in total. The molecule has 0 amide bonds. The molecule has 1 aliphatic carbocycles. The molecule has 2 atom stereocenters. The zero-order valence-corrected chi connectivity index (χ0v) is 18.8. The van der Waals surface area contributed by atoms with E-state index in [4.69, 9.17) is 0 Å². The van der Waals surface area contributed by atoms with Crippen LogP contribution in [0.15, 0.2) is 4.99 Å². The van der Waals surface area contributed by atoms with Gasteiger partial charge in [-0.05, 0) is 46.3 Å². The van der Waals surface area contributed by atoms with E-state index in [2.05, 4.69) is 21.9 Å². The van der Waals surface area contributed by atoms with E-state index in [1.165, 1.54) is 12.8 Å². The number of hydrogen-bond acceptors (Lipinski definition) is 4. The molecule has 0 radical (unpaired) electrons. The highest BCUT2D eigenvalue weighted by molar-refractivity contribution is 14.0. The van der Waals surface area contributed by atoms with Crippen LogP contribution in [0.4, 0.5) is 0 Å². The quantitative estimate of drug-likeness (QED) is 0.362. The van der Waals surface area contributed by atoms with Gasteiger partial charge in [0.2, 0.25) is 0 Å². The number of nitrogens with zero attached hydrogens (tertiary/aromatic N) is 1. The lowest BCUT2D eigenvalue weighted by Gasteiger charge is -2.30. The van der Waals surface area contributed by atoms with Crippen molar-refractivity contribution in [2.75, 3.05) is 25.6 Å². The van der Waals surface area contributed by atoms with Gasteiger partial charge in [-0.2, -0.15) is 11.8 Å². The van der Waals surface area contributed by atoms with Crippen molar-refractivity contribution >= 4 is 51.5 Å². The molecular formula is C15H32IN3O2S2. The second-order valence-electron chi connectivity index (χ2n) is 6.80. The van der Waals surface area contributed by atoms with Gasteiger partial charge in [-0.3, -0.25) is 4.99 Å². The summed E-state index contributed by atoms with van der Waals surface area (Å²) in [7, 11) is -1.37. The first-order chi connectivity index (χ1) is 10.2. The maximum atomic E-state index is 12.1. The first kappa shape index (κ1) is 23.3. The van der Waals surface area contributed by atoms with Crippen LogP contribution >= 0.6 is 35.7 Å². The molecule has 0 aromatic heterocycles. The molecule has 8 heteroatoms. The number of sulfone groups is 1. The van der Waals surface area contributed by atoms with Crippen molar-refractivity contribution < 1.29 is 8.42 Å². The van der Waals surface area contributed by atoms with Gasteiger partial charge in [0.25, 0.3) is 0 Å². The molecule has 1 saturated carbocycles. The molecule has 0 saturated heterocycles. The molecule has 1 aliphatic rings. The van der Waals surface area contributed by atoms with Crippen LogP contribution in [0, 0.1) is 0 Å². The molecule has 0 heterocycles. The Labute approximate surface area is 163 Å². The standard InChI is InChI=1S/C15H31N3O2S2.HI/c1-15(2,3)22(19,20)10-9-17-14(16-4)18-12-7-6-8-13(11-12)21-5;/h12-13H,6-11H2,1-5H3,(H2,16,17,18);1H. The van der Waals surface area contributed by atoms with Crippen molar-refractivity contribution in [3.63, 3.8) is 0 Å². The molecule has 23 heavy (non-hydrogen) atoms. The van der Waals surface area contributed by atoms with Gasteiger partial charge < -0.3 is 10.6 Å². The summed E-state index contributed by atoms with van der Waals surface area (Å²) < 4.78 is 23.5. The third-order valence-corrected chi connectivity index (χ3v) is 7.82. The van der Waals surface area contributed by atoms with Crippen LogP contribution in [-0.2, 0) is 9.84 Å². The van der Waals surface area contributed by atoms with Crippen molar-refractivity contribution in [2.45, 2.75) is 62.5 Å². The molecular weight excluding hydrogens is 445 g/mol. The fourth-order valence-corrected chi connectivity index (χ4v) is 4.30. The third kappa shape index (κ3) is 7.81. The molecule has 2 unspecified atom stereocenters. The van der Waals surface area contributed by atoms with Gasteiger partial charge in [-0.15, -0.1) is 24.0 Å². The normalized spacial score (nSPS) is 23.1. The minimum Gasteiger partial charge on any atom is -0.355 e. The van der Waals surface area contributed by atoms with Crippen molar-refractivity contribution in [1.29, 1.82) is 0 Å². The van der Waals surface area contributed by atoms with Crippen molar-refractivity contribution in [1.82, 2.24) is 10.6 Å². The van der Waals surface area contributed by atoms with Gasteiger partial charge in [0.05, 0.1) is 10.5 Å². The second-order valence-corrected chi connectivity index (χ2v) is 10.8. The van der Waals surface area contributed by atoms with Crippen LogP contribution in [0.25, 0.3) is 0 Å². The minimum absolute atomic E-state index is 0. The Kier molecular flexibility index (Phi) is 10.5. The fraction of sp³-hybridized carbons (Fsp3) is 0.933. The number of thioether (sulfide) groups is 1. The monoisotopic (exact) mass is 477 g/mol. The number of nitrogens with one attached hydrogen (secondary N) is 2. The van der Waals surface area contributed by atoms with Crippen molar-refractivity contribution in [3.8, 4) is 0 Å². The maximum Gasteiger partial charge on any atom is 0.191 e. The SMILES string of the molecule is CN=C(NCCS(=O)(=O)C(C)(C)C)NC1CCCC(SC)C1.I. The maximum absolute atomic E-state index is 12.1. The van der Waals surface area contributed by atoms with Gasteiger partial charge in [-0.1, -0.05) is 6.42 Å². The van der Waals surface area contributed by atoms with E-state index in [-0.39, 0.29) is 29.7 Å². The summed E-state index contributed by atoms with van der Waals surface area (Å²) in [5.41, 5.74) is 0. The summed E-state index contributed by atoms with van der Waals surface area (Å²) in [6.07, 6.45) is 6.98.